The van der Waals surface area contributed by atoms with Crippen molar-refractivity contribution in [1.82, 2.24) is 10.2 Å². The molecule has 0 spiro atoms. The maximum absolute atomic E-state index is 12.7. The lowest BCUT2D eigenvalue weighted by molar-refractivity contribution is -0.137. The molecule has 126 valence electrons. The van der Waals surface area contributed by atoms with Gasteiger partial charge in [0, 0.05) is 33.1 Å². The van der Waals surface area contributed by atoms with E-state index in [2.05, 4.69) is 10.2 Å². The molecule has 2 rings (SSSR count). The van der Waals surface area contributed by atoms with Gasteiger partial charge in [0.25, 0.3) is 0 Å². The Hall–Kier alpha value is -1.75. The maximum atomic E-state index is 12.7. The second-order valence-corrected chi connectivity index (χ2v) is 6.59. The number of carbonyl (C=O) groups excluding carboxylic acids is 2. The fourth-order valence-corrected chi connectivity index (χ4v) is 3.06. The summed E-state index contributed by atoms with van der Waals surface area (Å²) in [5.41, 5.74) is 1.00. The van der Waals surface area contributed by atoms with Gasteiger partial charge in [0.05, 0.1) is 10.7 Å². The van der Waals surface area contributed by atoms with Gasteiger partial charge in [0.1, 0.15) is 6.04 Å². The highest BCUT2D eigenvalue weighted by Gasteiger charge is 2.30. The minimum atomic E-state index is -0.459. The largest absolute Gasteiger partial charge is 0.367 e. The average Bonchev–Trinajstić information content (AvgIpc) is 2.52. The Balaban J connectivity index is 1.99. The Morgan fingerprint density at radius 1 is 1.13 bits per heavy atom. The van der Waals surface area contributed by atoms with Crippen LogP contribution in [0.4, 0.5) is 5.69 Å². The smallest absolute Gasteiger partial charge is 0.245 e. The molecule has 0 radical (unpaired) electrons. The van der Waals surface area contributed by atoms with Crippen LogP contribution >= 0.6 is 11.6 Å². The molecule has 0 aliphatic carbocycles. The fourth-order valence-electron chi connectivity index (χ4n) is 2.81. The van der Waals surface area contributed by atoms with Crippen LogP contribution in [0.5, 0.6) is 0 Å². The first-order valence-electron chi connectivity index (χ1n) is 7.95. The van der Waals surface area contributed by atoms with E-state index in [1.807, 2.05) is 43.0 Å². The van der Waals surface area contributed by atoms with Gasteiger partial charge in [-0.05, 0) is 18.1 Å². The molecule has 1 aromatic rings. The van der Waals surface area contributed by atoms with Gasteiger partial charge in [-0.25, -0.2) is 0 Å². The normalized spacial score (nSPS) is 16.4. The summed E-state index contributed by atoms with van der Waals surface area (Å²) in [6, 6.07) is 7.28. The van der Waals surface area contributed by atoms with E-state index in [1.165, 1.54) is 6.92 Å². The molecule has 1 heterocycles. The van der Waals surface area contributed by atoms with Gasteiger partial charge in [-0.1, -0.05) is 37.6 Å². The van der Waals surface area contributed by atoms with Crippen molar-refractivity contribution in [3.05, 3.63) is 29.3 Å². The van der Waals surface area contributed by atoms with Crippen molar-refractivity contribution >= 4 is 29.1 Å². The molecule has 1 aliphatic rings. The summed E-state index contributed by atoms with van der Waals surface area (Å²) in [5, 5.41) is 3.49. The number of rotatable bonds is 4. The quantitative estimate of drug-likeness (QED) is 0.916. The van der Waals surface area contributed by atoms with Crippen LogP contribution in [-0.4, -0.2) is 48.9 Å². The molecule has 0 bridgehead atoms. The summed E-state index contributed by atoms with van der Waals surface area (Å²) in [6.45, 7) is 8.06. The molecule has 1 aliphatic heterocycles. The van der Waals surface area contributed by atoms with E-state index >= 15 is 0 Å². The Kier molecular flexibility index (Phi) is 5.88. The lowest BCUT2D eigenvalue weighted by atomic mass is 10.0. The molecule has 1 aromatic carbocycles. The van der Waals surface area contributed by atoms with Gasteiger partial charge in [-0.3, -0.25) is 9.59 Å². The molecule has 0 aromatic heterocycles. The van der Waals surface area contributed by atoms with Crippen LogP contribution in [0, 0.1) is 5.92 Å². The molecule has 6 heteroatoms. The van der Waals surface area contributed by atoms with Gasteiger partial charge in [0.2, 0.25) is 11.8 Å². The van der Waals surface area contributed by atoms with E-state index in [0.717, 1.165) is 23.8 Å². The minimum absolute atomic E-state index is 0.00555. The Morgan fingerprint density at radius 2 is 1.74 bits per heavy atom. The number of nitrogens with zero attached hydrogens (tertiary/aromatic N) is 2. The molecule has 1 fully saturated rings. The summed E-state index contributed by atoms with van der Waals surface area (Å²) in [4.78, 5) is 28.0. The molecule has 2 amide bonds. The molecule has 1 N–H and O–H groups in total. The summed E-state index contributed by atoms with van der Waals surface area (Å²) in [5.74, 6) is -0.117. The van der Waals surface area contributed by atoms with E-state index < -0.39 is 6.04 Å². The van der Waals surface area contributed by atoms with Gasteiger partial charge in [0.15, 0.2) is 0 Å². The third-order valence-electron chi connectivity index (χ3n) is 4.08. The van der Waals surface area contributed by atoms with E-state index in [1.54, 1.807) is 0 Å². The second-order valence-electron chi connectivity index (χ2n) is 6.19. The zero-order valence-corrected chi connectivity index (χ0v) is 14.6. The van der Waals surface area contributed by atoms with E-state index in [4.69, 9.17) is 11.6 Å². The lowest BCUT2D eigenvalue weighted by Crippen LogP contribution is -2.56. The van der Waals surface area contributed by atoms with Crippen LogP contribution < -0.4 is 10.2 Å². The molecule has 5 nitrogen and oxygen atoms in total. The highest BCUT2D eigenvalue weighted by molar-refractivity contribution is 6.33. The predicted molar refractivity (Wildman–Crippen MR) is 92.7 cm³/mol. The summed E-state index contributed by atoms with van der Waals surface area (Å²) < 4.78 is 0. The highest BCUT2D eigenvalue weighted by Crippen LogP contribution is 2.26. The second kappa shape index (κ2) is 7.68. The molecule has 23 heavy (non-hydrogen) atoms. The summed E-state index contributed by atoms with van der Waals surface area (Å²) >= 11 is 6.24. The number of amides is 2. The summed E-state index contributed by atoms with van der Waals surface area (Å²) in [7, 11) is 0. The first-order valence-corrected chi connectivity index (χ1v) is 8.33. The van der Waals surface area contributed by atoms with Gasteiger partial charge in [-0.2, -0.15) is 0 Å². The molecule has 0 saturated carbocycles. The Bertz CT molecular complexity index is 569. The van der Waals surface area contributed by atoms with Gasteiger partial charge in [-0.15, -0.1) is 0 Å². The third kappa shape index (κ3) is 4.38. The number of hydrogen-bond donors (Lipinski definition) is 1. The molecule has 0 unspecified atom stereocenters. The van der Waals surface area contributed by atoms with Crippen LogP contribution in [0.3, 0.4) is 0 Å². The van der Waals surface area contributed by atoms with Crippen molar-refractivity contribution in [2.45, 2.75) is 26.8 Å². The van der Waals surface area contributed by atoms with Crippen LogP contribution in [-0.2, 0) is 9.59 Å². The number of para-hydroxylation sites is 1. The van der Waals surface area contributed by atoms with Crippen molar-refractivity contribution in [3.63, 3.8) is 0 Å². The molecule has 1 atom stereocenters. The third-order valence-corrected chi connectivity index (χ3v) is 4.40. The van der Waals surface area contributed by atoms with Crippen LogP contribution in [0.1, 0.15) is 20.8 Å². The number of piperazine rings is 1. The molecule has 1 saturated heterocycles. The van der Waals surface area contributed by atoms with Crippen molar-refractivity contribution in [3.8, 4) is 0 Å². The van der Waals surface area contributed by atoms with Crippen molar-refractivity contribution in [2.24, 2.45) is 5.92 Å². The minimum Gasteiger partial charge on any atom is -0.367 e. The monoisotopic (exact) mass is 337 g/mol. The highest BCUT2D eigenvalue weighted by atomic mass is 35.5. The van der Waals surface area contributed by atoms with Crippen molar-refractivity contribution in [2.75, 3.05) is 31.1 Å². The van der Waals surface area contributed by atoms with E-state index in [9.17, 15) is 9.59 Å². The SMILES string of the molecule is CC(=O)N[C@H](C(=O)N1CCN(c2ccccc2Cl)CC1)C(C)C. The standard InChI is InChI=1S/C17H24ClN3O2/c1-12(2)16(19-13(3)22)17(23)21-10-8-20(9-11-21)15-7-5-4-6-14(15)18/h4-7,12,16H,8-11H2,1-3H3,(H,19,22)/t16-/m0/s1. The fraction of sp³-hybridized carbons (Fsp3) is 0.529. The average molecular weight is 338 g/mol. The topological polar surface area (TPSA) is 52.7 Å². The van der Waals surface area contributed by atoms with Crippen LogP contribution in [0.2, 0.25) is 5.02 Å². The number of anilines is 1. The Morgan fingerprint density at radius 3 is 2.26 bits per heavy atom. The zero-order valence-electron chi connectivity index (χ0n) is 13.9. The molecular weight excluding hydrogens is 314 g/mol. The van der Waals surface area contributed by atoms with Gasteiger partial charge >= 0.3 is 0 Å². The van der Waals surface area contributed by atoms with Gasteiger partial charge < -0.3 is 15.1 Å². The number of hydrogen-bond acceptors (Lipinski definition) is 3. The number of nitrogens with one attached hydrogen (secondary N) is 1. The number of carbonyl (C=O) groups is 2. The number of benzene rings is 1. The van der Waals surface area contributed by atoms with Crippen LogP contribution in [0.15, 0.2) is 24.3 Å². The summed E-state index contributed by atoms with van der Waals surface area (Å²) in [6.07, 6.45) is 0. The first kappa shape index (κ1) is 17.6. The van der Waals surface area contributed by atoms with E-state index in [0.29, 0.717) is 13.1 Å². The molecular formula is C17H24ClN3O2. The van der Waals surface area contributed by atoms with Crippen molar-refractivity contribution < 1.29 is 9.59 Å². The van der Waals surface area contributed by atoms with E-state index in [-0.39, 0.29) is 17.7 Å². The Labute approximate surface area is 142 Å². The predicted octanol–water partition coefficient (Wildman–Crippen LogP) is 2.15. The lowest BCUT2D eigenvalue weighted by Gasteiger charge is -2.38. The zero-order chi connectivity index (χ0) is 17.0. The van der Waals surface area contributed by atoms with Crippen LogP contribution in [0.25, 0.3) is 0 Å². The maximum Gasteiger partial charge on any atom is 0.245 e. The first-order chi connectivity index (χ1) is 10.9. The number of halogens is 1. The van der Waals surface area contributed by atoms with Crippen molar-refractivity contribution in [1.29, 1.82) is 0 Å².